The van der Waals surface area contributed by atoms with Crippen LogP contribution in [-0.2, 0) is 9.53 Å². The van der Waals surface area contributed by atoms with Gasteiger partial charge in [0.15, 0.2) is 5.69 Å². The van der Waals surface area contributed by atoms with Gasteiger partial charge in [0.25, 0.3) is 0 Å². The summed E-state index contributed by atoms with van der Waals surface area (Å²) in [4.78, 5) is 24.8. The summed E-state index contributed by atoms with van der Waals surface area (Å²) >= 11 is 0. The zero-order valence-corrected chi connectivity index (χ0v) is 18.0. The number of nitrogens with zero attached hydrogens (tertiary/aromatic N) is 2. The molecule has 1 saturated carbocycles. The molecule has 1 heterocycles. The van der Waals surface area contributed by atoms with Crippen LogP contribution in [0.25, 0.3) is 16.9 Å². The highest BCUT2D eigenvalue weighted by atomic mass is 19.1. The first-order chi connectivity index (χ1) is 15.5. The Morgan fingerprint density at radius 1 is 1.12 bits per heavy atom. The smallest absolute Gasteiger partial charge is 0.358 e. The Kier molecular flexibility index (Phi) is 6.63. The summed E-state index contributed by atoms with van der Waals surface area (Å²) in [6.07, 6.45) is 5.11. The van der Waals surface area contributed by atoms with Gasteiger partial charge in [-0.15, -0.1) is 0 Å². The van der Waals surface area contributed by atoms with Crippen LogP contribution in [0.4, 0.5) is 10.1 Å². The maximum atomic E-state index is 14.5. The van der Waals surface area contributed by atoms with Crippen LogP contribution in [0.5, 0.6) is 0 Å². The Morgan fingerprint density at radius 3 is 2.66 bits per heavy atom. The quantitative estimate of drug-likeness (QED) is 0.506. The van der Waals surface area contributed by atoms with Gasteiger partial charge in [-0.3, -0.25) is 4.79 Å². The van der Waals surface area contributed by atoms with Crippen molar-refractivity contribution in [1.29, 1.82) is 0 Å². The van der Waals surface area contributed by atoms with E-state index in [2.05, 4.69) is 10.4 Å². The van der Waals surface area contributed by atoms with Gasteiger partial charge in [0.2, 0.25) is 5.91 Å². The van der Waals surface area contributed by atoms with Gasteiger partial charge in [-0.05, 0) is 56.0 Å². The first kappa shape index (κ1) is 21.7. The number of rotatable bonds is 7. The number of carbonyl (C=O) groups excluding carboxylic acids is 2. The first-order valence-electron chi connectivity index (χ1n) is 11.0. The number of benzene rings is 2. The van der Waals surface area contributed by atoms with E-state index in [4.69, 9.17) is 4.74 Å². The minimum absolute atomic E-state index is 0.0103. The number of carbonyl (C=O) groups is 2. The zero-order valence-electron chi connectivity index (χ0n) is 18.0. The summed E-state index contributed by atoms with van der Waals surface area (Å²) in [6, 6.07) is 15.0. The van der Waals surface area contributed by atoms with E-state index >= 15 is 0 Å². The molecule has 1 aliphatic rings. The average Bonchev–Trinajstić information content (AvgIpc) is 3.44. The molecule has 7 heteroatoms. The van der Waals surface area contributed by atoms with E-state index in [9.17, 15) is 14.0 Å². The number of hydrogen-bond donors (Lipinski definition) is 1. The molecular formula is C25H26FN3O3. The van der Waals surface area contributed by atoms with Gasteiger partial charge in [-0.2, -0.15) is 5.10 Å². The fourth-order valence-corrected chi connectivity index (χ4v) is 4.14. The second-order valence-electron chi connectivity index (χ2n) is 7.98. The molecular weight excluding hydrogens is 409 g/mol. The standard InChI is InChI=1S/C25H26FN3O3/c1-2-32-25(31)21-16-23(29(28-21)22-13-6-5-12-20(22)26)18-10-7-11-19(15-18)27-24(30)14-17-8-3-4-9-17/h5-7,10-13,15-17H,2-4,8-9,14H2,1H3,(H,27,30). The molecule has 32 heavy (non-hydrogen) atoms. The largest absolute Gasteiger partial charge is 0.461 e. The van der Waals surface area contributed by atoms with E-state index in [1.54, 1.807) is 37.3 Å². The number of ether oxygens (including phenoxy) is 1. The van der Waals surface area contributed by atoms with Crippen LogP contribution in [0.1, 0.15) is 49.5 Å². The predicted octanol–water partition coefficient (Wildman–Crippen LogP) is 5.37. The van der Waals surface area contributed by atoms with Crippen molar-refractivity contribution in [2.75, 3.05) is 11.9 Å². The summed E-state index contributed by atoms with van der Waals surface area (Å²) in [7, 11) is 0. The molecule has 1 amide bonds. The van der Waals surface area contributed by atoms with Crippen LogP contribution in [0.2, 0.25) is 0 Å². The van der Waals surface area contributed by atoms with E-state index in [1.807, 2.05) is 18.2 Å². The number of para-hydroxylation sites is 1. The fraction of sp³-hybridized carbons (Fsp3) is 0.320. The van der Waals surface area contributed by atoms with Crippen LogP contribution in [0.15, 0.2) is 54.6 Å². The second-order valence-corrected chi connectivity index (χ2v) is 7.98. The van der Waals surface area contributed by atoms with Gasteiger partial charge < -0.3 is 10.1 Å². The van der Waals surface area contributed by atoms with Gasteiger partial charge in [0.1, 0.15) is 11.5 Å². The highest BCUT2D eigenvalue weighted by Crippen LogP contribution is 2.30. The SMILES string of the molecule is CCOC(=O)c1cc(-c2cccc(NC(=O)CC3CCCC3)c2)n(-c2ccccc2F)n1. The number of halogens is 1. The second kappa shape index (κ2) is 9.77. The molecule has 0 atom stereocenters. The summed E-state index contributed by atoms with van der Waals surface area (Å²) < 4.78 is 21.0. The third kappa shape index (κ3) is 4.88. The number of amides is 1. The van der Waals surface area contributed by atoms with Gasteiger partial charge in [0, 0.05) is 17.7 Å². The third-order valence-corrected chi connectivity index (χ3v) is 5.67. The molecule has 3 aromatic rings. The Balaban J connectivity index is 1.66. The third-order valence-electron chi connectivity index (χ3n) is 5.67. The number of aromatic nitrogens is 2. The molecule has 0 radical (unpaired) electrons. The Morgan fingerprint density at radius 2 is 1.91 bits per heavy atom. The van der Waals surface area contributed by atoms with Crippen molar-refractivity contribution in [1.82, 2.24) is 9.78 Å². The van der Waals surface area contributed by atoms with Crippen molar-refractivity contribution in [3.8, 4) is 16.9 Å². The minimum atomic E-state index is -0.579. The topological polar surface area (TPSA) is 73.2 Å². The number of hydrogen-bond acceptors (Lipinski definition) is 4. The van der Waals surface area contributed by atoms with E-state index in [0.29, 0.717) is 29.3 Å². The van der Waals surface area contributed by atoms with Crippen molar-refractivity contribution in [3.63, 3.8) is 0 Å². The molecule has 0 bridgehead atoms. The molecule has 1 N–H and O–H groups in total. The Bertz CT molecular complexity index is 1120. The number of anilines is 1. The number of nitrogens with one attached hydrogen (secondary N) is 1. The van der Waals surface area contributed by atoms with Gasteiger partial charge in [-0.1, -0.05) is 37.1 Å². The lowest BCUT2D eigenvalue weighted by Crippen LogP contribution is -2.15. The molecule has 4 rings (SSSR count). The summed E-state index contributed by atoms with van der Waals surface area (Å²) in [5, 5.41) is 7.28. The number of esters is 1. The fourth-order valence-electron chi connectivity index (χ4n) is 4.14. The molecule has 0 saturated heterocycles. The van der Waals surface area contributed by atoms with E-state index in [-0.39, 0.29) is 23.9 Å². The van der Waals surface area contributed by atoms with Gasteiger partial charge in [0.05, 0.1) is 12.3 Å². The first-order valence-corrected chi connectivity index (χ1v) is 11.0. The van der Waals surface area contributed by atoms with Crippen molar-refractivity contribution < 1.29 is 18.7 Å². The van der Waals surface area contributed by atoms with Gasteiger partial charge >= 0.3 is 5.97 Å². The lowest BCUT2D eigenvalue weighted by Gasteiger charge is -2.12. The Hall–Kier alpha value is -3.48. The van der Waals surface area contributed by atoms with Crippen LogP contribution in [-0.4, -0.2) is 28.3 Å². The van der Waals surface area contributed by atoms with Crippen LogP contribution < -0.4 is 5.32 Å². The van der Waals surface area contributed by atoms with Crippen molar-refractivity contribution in [3.05, 3.63) is 66.1 Å². The van der Waals surface area contributed by atoms with Crippen LogP contribution >= 0.6 is 0 Å². The monoisotopic (exact) mass is 435 g/mol. The van der Waals surface area contributed by atoms with E-state index < -0.39 is 11.8 Å². The molecule has 0 spiro atoms. The van der Waals surface area contributed by atoms with Gasteiger partial charge in [-0.25, -0.2) is 13.9 Å². The highest BCUT2D eigenvalue weighted by molar-refractivity contribution is 5.92. The normalized spacial score (nSPS) is 13.8. The Labute approximate surface area is 186 Å². The van der Waals surface area contributed by atoms with Crippen LogP contribution in [0.3, 0.4) is 0 Å². The maximum absolute atomic E-state index is 14.5. The molecule has 166 valence electrons. The molecule has 0 unspecified atom stereocenters. The molecule has 1 fully saturated rings. The molecule has 1 aromatic heterocycles. The molecule has 2 aromatic carbocycles. The summed E-state index contributed by atoms with van der Waals surface area (Å²) in [5.41, 5.74) is 2.15. The average molecular weight is 435 g/mol. The minimum Gasteiger partial charge on any atom is -0.461 e. The summed E-state index contributed by atoms with van der Waals surface area (Å²) in [5.74, 6) is -0.602. The lowest BCUT2D eigenvalue weighted by molar-refractivity contribution is -0.117. The van der Waals surface area contributed by atoms with Crippen LogP contribution in [0, 0.1) is 11.7 Å². The van der Waals surface area contributed by atoms with Crippen molar-refractivity contribution >= 4 is 17.6 Å². The lowest BCUT2D eigenvalue weighted by atomic mass is 10.0. The van der Waals surface area contributed by atoms with E-state index in [0.717, 1.165) is 12.8 Å². The van der Waals surface area contributed by atoms with Crippen molar-refractivity contribution in [2.24, 2.45) is 5.92 Å². The predicted molar refractivity (Wildman–Crippen MR) is 120 cm³/mol. The summed E-state index contributed by atoms with van der Waals surface area (Å²) in [6.45, 7) is 1.92. The molecule has 0 aliphatic heterocycles. The van der Waals surface area contributed by atoms with E-state index in [1.165, 1.54) is 23.6 Å². The highest BCUT2D eigenvalue weighted by Gasteiger charge is 2.21. The zero-order chi connectivity index (χ0) is 22.5. The maximum Gasteiger partial charge on any atom is 0.358 e. The molecule has 6 nitrogen and oxygen atoms in total. The van der Waals surface area contributed by atoms with Crippen molar-refractivity contribution in [2.45, 2.75) is 39.0 Å². The molecule has 1 aliphatic carbocycles.